The van der Waals surface area contributed by atoms with Crippen molar-refractivity contribution in [1.82, 2.24) is 14.5 Å². The fourth-order valence-corrected chi connectivity index (χ4v) is 6.41. The molecule has 3 nitrogen and oxygen atoms in total. The molecule has 0 bridgehead atoms. The summed E-state index contributed by atoms with van der Waals surface area (Å²) in [4.78, 5) is 10.4. The Hall–Kier alpha value is -6.06. The van der Waals surface area contributed by atoms with Gasteiger partial charge in [-0.2, -0.15) is 0 Å². The molecule has 2 heterocycles. The number of fused-ring (bicyclic) bond motifs is 6. The second-order valence-corrected chi connectivity index (χ2v) is 11.2. The van der Waals surface area contributed by atoms with E-state index in [1.165, 1.54) is 27.1 Å². The van der Waals surface area contributed by atoms with Gasteiger partial charge >= 0.3 is 0 Å². The summed E-state index contributed by atoms with van der Waals surface area (Å²) in [5.41, 5.74) is 7.94. The van der Waals surface area contributed by atoms with Gasteiger partial charge in [0, 0.05) is 22.2 Å². The van der Waals surface area contributed by atoms with Crippen LogP contribution >= 0.6 is 0 Å². The first-order valence-electron chi connectivity index (χ1n) is 15.1. The van der Waals surface area contributed by atoms with Crippen LogP contribution in [-0.4, -0.2) is 14.5 Å². The van der Waals surface area contributed by atoms with Crippen LogP contribution in [0.25, 0.3) is 77.1 Å². The zero-order valence-electron chi connectivity index (χ0n) is 24.7. The van der Waals surface area contributed by atoms with Crippen LogP contribution in [0.4, 0.5) is 0 Å². The molecular formula is C42H29N3. The SMILES string of the molecule is C=C/C=C\C(=C)c1nc(-c2ccccc2)c2c3cc(-c4cc5ccccc5c5ccccc45)ccc3n(-c3ccccc3)c2n1. The van der Waals surface area contributed by atoms with Crippen LogP contribution in [0, 0.1) is 0 Å². The van der Waals surface area contributed by atoms with Gasteiger partial charge in [0.25, 0.3) is 0 Å². The molecule has 45 heavy (non-hydrogen) atoms. The number of allylic oxidation sites excluding steroid dienone is 4. The molecule has 0 aliphatic carbocycles. The van der Waals surface area contributed by atoms with Crippen LogP contribution in [0.2, 0.25) is 0 Å². The Bertz CT molecular complexity index is 2450. The van der Waals surface area contributed by atoms with E-state index >= 15 is 0 Å². The van der Waals surface area contributed by atoms with Gasteiger partial charge in [0.2, 0.25) is 0 Å². The normalized spacial score (nSPS) is 11.6. The lowest BCUT2D eigenvalue weighted by molar-refractivity contribution is 1.09. The highest BCUT2D eigenvalue weighted by atomic mass is 15.1. The van der Waals surface area contributed by atoms with Gasteiger partial charge in [0.05, 0.1) is 16.6 Å². The first kappa shape index (κ1) is 26.6. The Labute approximate surface area is 261 Å². The Balaban J connectivity index is 1.50. The van der Waals surface area contributed by atoms with Gasteiger partial charge in [0.15, 0.2) is 5.82 Å². The molecule has 3 heteroatoms. The van der Waals surface area contributed by atoms with E-state index in [9.17, 15) is 0 Å². The number of aromatic nitrogens is 3. The van der Waals surface area contributed by atoms with Crippen molar-refractivity contribution in [3.05, 3.63) is 171 Å². The van der Waals surface area contributed by atoms with E-state index in [0.29, 0.717) is 5.82 Å². The molecule has 0 spiro atoms. The second kappa shape index (κ2) is 10.9. The van der Waals surface area contributed by atoms with Gasteiger partial charge in [-0.1, -0.05) is 135 Å². The highest BCUT2D eigenvalue weighted by molar-refractivity contribution is 6.17. The highest BCUT2D eigenvalue weighted by Crippen LogP contribution is 2.41. The molecule has 212 valence electrons. The number of hydrogen-bond acceptors (Lipinski definition) is 2. The molecule has 0 radical (unpaired) electrons. The molecule has 2 aromatic heterocycles. The minimum absolute atomic E-state index is 0.584. The van der Waals surface area contributed by atoms with E-state index in [0.717, 1.165) is 50.0 Å². The smallest absolute Gasteiger partial charge is 0.161 e. The molecule has 0 unspecified atom stereocenters. The molecule has 0 saturated carbocycles. The number of benzene rings is 6. The molecule has 0 amide bonds. The number of para-hydroxylation sites is 1. The van der Waals surface area contributed by atoms with Gasteiger partial charge < -0.3 is 0 Å². The second-order valence-electron chi connectivity index (χ2n) is 11.2. The van der Waals surface area contributed by atoms with Crippen molar-refractivity contribution in [2.75, 3.05) is 0 Å². The average Bonchev–Trinajstić information content (AvgIpc) is 3.44. The van der Waals surface area contributed by atoms with Crippen molar-refractivity contribution >= 4 is 49.1 Å². The van der Waals surface area contributed by atoms with Crippen LogP contribution in [0.5, 0.6) is 0 Å². The van der Waals surface area contributed by atoms with Crippen molar-refractivity contribution in [2.45, 2.75) is 0 Å². The maximum absolute atomic E-state index is 5.19. The predicted octanol–water partition coefficient (Wildman–Crippen LogP) is 11.0. The third-order valence-corrected chi connectivity index (χ3v) is 8.47. The number of rotatable bonds is 6. The van der Waals surface area contributed by atoms with E-state index in [1.807, 2.05) is 24.3 Å². The summed E-state index contributed by atoms with van der Waals surface area (Å²) in [7, 11) is 0. The molecule has 0 fully saturated rings. The third kappa shape index (κ3) is 4.45. The summed E-state index contributed by atoms with van der Waals surface area (Å²) < 4.78 is 2.25. The van der Waals surface area contributed by atoms with Crippen LogP contribution in [0.15, 0.2) is 165 Å². The Kier molecular flexibility index (Phi) is 6.43. The molecular weight excluding hydrogens is 546 g/mol. The van der Waals surface area contributed by atoms with E-state index < -0.39 is 0 Å². The standard InChI is InChI=1S/C42H29N3/c1-3-4-15-28(2)41-43-40(29-16-7-5-8-17-29)39-37-27-31(24-25-38(37)45(42(39)44-41)32-19-9-6-10-20-32)36-26-30-18-11-12-21-33(30)34-22-13-14-23-35(34)36/h3-27H,1-2H2/b15-4-. The summed E-state index contributed by atoms with van der Waals surface area (Å²) in [6.45, 7) is 8.12. The number of nitrogens with zero attached hydrogens (tertiary/aromatic N) is 3. The van der Waals surface area contributed by atoms with Crippen LogP contribution in [0.1, 0.15) is 5.82 Å². The maximum Gasteiger partial charge on any atom is 0.161 e. The zero-order chi connectivity index (χ0) is 30.3. The fraction of sp³-hybridized carbons (Fsp3) is 0. The quantitative estimate of drug-likeness (QED) is 0.146. The van der Waals surface area contributed by atoms with Gasteiger partial charge in [0.1, 0.15) is 5.65 Å². The minimum atomic E-state index is 0.584. The summed E-state index contributed by atoms with van der Waals surface area (Å²) in [6, 6.07) is 47.2. The molecule has 6 aromatic carbocycles. The summed E-state index contributed by atoms with van der Waals surface area (Å²) in [5.74, 6) is 0.584. The predicted molar refractivity (Wildman–Crippen MR) is 191 cm³/mol. The lowest BCUT2D eigenvalue weighted by atomic mass is 9.92. The van der Waals surface area contributed by atoms with Crippen LogP contribution in [-0.2, 0) is 0 Å². The minimum Gasteiger partial charge on any atom is -0.294 e. The molecule has 0 saturated heterocycles. The van der Waals surface area contributed by atoms with E-state index in [4.69, 9.17) is 9.97 Å². The molecule has 0 aliphatic rings. The Morgan fingerprint density at radius 3 is 2.09 bits per heavy atom. The first-order chi connectivity index (χ1) is 22.2. The van der Waals surface area contributed by atoms with Crippen LogP contribution in [0.3, 0.4) is 0 Å². The van der Waals surface area contributed by atoms with Crippen molar-refractivity contribution in [3.8, 4) is 28.1 Å². The topological polar surface area (TPSA) is 30.7 Å². The monoisotopic (exact) mass is 575 g/mol. The van der Waals surface area contributed by atoms with Crippen molar-refractivity contribution in [1.29, 1.82) is 0 Å². The first-order valence-corrected chi connectivity index (χ1v) is 15.1. The fourth-order valence-electron chi connectivity index (χ4n) is 6.41. The van der Waals surface area contributed by atoms with E-state index in [-0.39, 0.29) is 0 Å². The van der Waals surface area contributed by atoms with Gasteiger partial charge in [-0.05, 0) is 63.0 Å². The summed E-state index contributed by atoms with van der Waals surface area (Å²) >= 11 is 0. The lowest BCUT2D eigenvalue weighted by Gasteiger charge is -2.12. The molecule has 8 rings (SSSR count). The highest BCUT2D eigenvalue weighted by Gasteiger charge is 2.21. The molecule has 0 N–H and O–H groups in total. The largest absolute Gasteiger partial charge is 0.294 e. The molecule has 0 aliphatic heterocycles. The van der Waals surface area contributed by atoms with E-state index in [2.05, 4.69) is 139 Å². The van der Waals surface area contributed by atoms with Crippen molar-refractivity contribution in [2.24, 2.45) is 0 Å². The summed E-state index contributed by atoms with van der Waals surface area (Å²) in [6.07, 6.45) is 5.51. The van der Waals surface area contributed by atoms with Gasteiger partial charge in [-0.3, -0.25) is 4.57 Å². The van der Waals surface area contributed by atoms with Crippen molar-refractivity contribution < 1.29 is 0 Å². The number of hydrogen-bond donors (Lipinski definition) is 0. The molecule has 8 aromatic rings. The maximum atomic E-state index is 5.19. The summed E-state index contributed by atoms with van der Waals surface area (Å²) in [5, 5.41) is 7.08. The third-order valence-electron chi connectivity index (χ3n) is 8.47. The zero-order valence-corrected chi connectivity index (χ0v) is 24.7. The molecule has 0 atom stereocenters. The van der Waals surface area contributed by atoms with Gasteiger partial charge in [-0.15, -0.1) is 0 Å². The average molecular weight is 576 g/mol. The Morgan fingerprint density at radius 1 is 0.622 bits per heavy atom. The van der Waals surface area contributed by atoms with Crippen LogP contribution < -0.4 is 0 Å². The van der Waals surface area contributed by atoms with E-state index in [1.54, 1.807) is 6.08 Å². The van der Waals surface area contributed by atoms with Crippen molar-refractivity contribution in [3.63, 3.8) is 0 Å². The van der Waals surface area contributed by atoms with Gasteiger partial charge in [-0.25, -0.2) is 9.97 Å². The lowest BCUT2D eigenvalue weighted by Crippen LogP contribution is -2.00. The Morgan fingerprint density at radius 2 is 1.31 bits per heavy atom.